The second kappa shape index (κ2) is 4.89. The largest absolute Gasteiger partial charge is 0.418 e. The van der Waals surface area contributed by atoms with Crippen LogP contribution in [0.15, 0.2) is 4.42 Å². The van der Waals surface area contributed by atoms with Crippen molar-refractivity contribution < 1.29 is 4.42 Å². The average Bonchev–Trinajstić information content (AvgIpc) is 2.95. The van der Waals surface area contributed by atoms with E-state index in [0.29, 0.717) is 17.7 Å². The van der Waals surface area contributed by atoms with Crippen molar-refractivity contribution in [3.8, 4) is 10.8 Å². The van der Waals surface area contributed by atoms with Gasteiger partial charge in [0.05, 0.1) is 11.7 Å². The molecule has 2 heterocycles. The van der Waals surface area contributed by atoms with Crippen LogP contribution in [0.2, 0.25) is 0 Å². The van der Waals surface area contributed by atoms with Crippen LogP contribution in [0.5, 0.6) is 0 Å². The second-order valence-electron chi connectivity index (χ2n) is 4.10. The van der Waals surface area contributed by atoms with E-state index in [4.69, 9.17) is 4.42 Å². The standard InChI is InChI=1S/C10H15N5OS/c1-5(2)7-8(17-15-12-7)10-14-13-9(16-10)6(3)11-4/h5-6,11H,1-4H3. The number of hydrogen-bond acceptors (Lipinski definition) is 7. The zero-order valence-corrected chi connectivity index (χ0v) is 11.1. The van der Waals surface area contributed by atoms with Gasteiger partial charge in [0, 0.05) is 0 Å². The maximum absolute atomic E-state index is 5.62. The predicted molar refractivity (Wildman–Crippen MR) is 64.8 cm³/mol. The third kappa shape index (κ3) is 2.34. The smallest absolute Gasteiger partial charge is 0.261 e. The molecule has 0 aliphatic heterocycles. The number of hydrogen-bond donors (Lipinski definition) is 1. The summed E-state index contributed by atoms with van der Waals surface area (Å²) in [6.07, 6.45) is 0. The van der Waals surface area contributed by atoms with E-state index in [1.165, 1.54) is 11.5 Å². The molecule has 0 saturated carbocycles. The molecule has 0 spiro atoms. The molecule has 17 heavy (non-hydrogen) atoms. The molecule has 0 bridgehead atoms. The Kier molecular flexibility index (Phi) is 3.49. The first-order valence-electron chi connectivity index (χ1n) is 5.46. The summed E-state index contributed by atoms with van der Waals surface area (Å²) in [4.78, 5) is 0.863. The Hall–Kier alpha value is -1.34. The summed E-state index contributed by atoms with van der Waals surface area (Å²) < 4.78 is 9.56. The van der Waals surface area contributed by atoms with Gasteiger partial charge in [-0.15, -0.1) is 15.3 Å². The highest BCUT2D eigenvalue weighted by molar-refractivity contribution is 7.09. The predicted octanol–water partition coefficient (Wildman–Crippen LogP) is 1.99. The molecule has 1 N–H and O–H groups in total. The van der Waals surface area contributed by atoms with Gasteiger partial charge in [-0.25, -0.2) is 0 Å². The minimum Gasteiger partial charge on any atom is -0.418 e. The van der Waals surface area contributed by atoms with Gasteiger partial charge in [-0.3, -0.25) is 0 Å². The minimum atomic E-state index is 0.0413. The highest BCUT2D eigenvalue weighted by atomic mass is 32.1. The van der Waals surface area contributed by atoms with Crippen molar-refractivity contribution in [2.45, 2.75) is 32.7 Å². The molecular weight excluding hydrogens is 238 g/mol. The van der Waals surface area contributed by atoms with E-state index in [9.17, 15) is 0 Å². The van der Waals surface area contributed by atoms with Crippen molar-refractivity contribution >= 4 is 11.5 Å². The highest BCUT2D eigenvalue weighted by Gasteiger charge is 2.20. The van der Waals surface area contributed by atoms with Crippen LogP contribution in [0.4, 0.5) is 0 Å². The SMILES string of the molecule is CNC(C)c1nnc(-c2snnc2C(C)C)o1. The molecule has 1 atom stereocenters. The summed E-state index contributed by atoms with van der Waals surface area (Å²) in [5.41, 5.74) is 0.905. The first-order valence-corrected chi connectivity index (χ1v) is 6.24. The summed E-state index contributed by atoms with van der Waals surface area (Å²) >= 11 is 1.29. The van der Waals surface area contributed by atoms with Gasteiger partial charge in [0.15, 0.2) is 0 Å². The number of nitrogens with zero attached hydrogens (tertiary/aromatic N) is 4. The molecule has 92 valence electrons. The molecule has 2 rings (SSSR count). The molecule has 0 aromatic carbocycles. The van der Waals surface area contributed by atoms with Crippen molar-refractivity contribution in [1.29, 1.82) is 0 Å². The lowest BCUT2D eigenvalue weighted by Gasteiger charge is -2.02. The molecule has 0 radical (unpaired) electrons. The summed E-state index contributed by atoms with van der Waals surface area (Å²) in [6, 6.07) is 0.0413. The van der Waals surface area contributed by atoms with Gasteiger partial charge >= 0.3 is 0 Å². The fraction of sp³-hybridized carbons (Fsp3) is 0.600. The van der Waals surface area contributed by atoms with E-state index in [1.54, 1.807) is 0 Å². The molecule has 7 heteroatoms. The highest BCUT2D eigenvalue weighted by Crippen LogP contribution is 2.30. The second-order valence-corrected chi connectivity index (χ2v) is 4.85. The van der Waals surface area contributed by atoms with Crippen LogP contribution in [0, 0.1) is 0 Å². The average molecular weight is 253 g/mol. The van der Waals surface area contributed by atoms with E-state index >= 15 is 0 Å². The normalized spacial score (nSPS) is 13.2. The Labute approximate surface area is 104 Å². The van der Waals surface area contributed by atoms with Crippen molar-refractivity contribution in [1.82, 2.24) is 25.1 Å². The van der Waals surface area contributed by atoms with E-state index in [1.807, 2.05) is 14.0 Å². The van der Waals surface area contributed by atoms with Crippen LogP contribution in [-0.2, 0) is 0 Å². The Morgan fingerprint density at radius 2 is 1.94 bits per heavy atom. The van der Waals surface area contributed by atoms with Gasteiger partial charge in [-0.05, 0) is 31.4 Å². The molecule has 0 aliphatic rings. The van der Waals surface area contributed by atoms with Crippen molar-refractivity contribution in [2.75, 3.05) is 7.05 Å². The van der Waals surface area contributed by atoms with Crippen LogP contribution < -0.4 is 5.32 Å². The van der Waals surface area contributed by atoms with Crippen LogP contribution in [-0.4, -0.2) is 26.8 Å². The molecule has 1 unspecified atom stereocenters. The van der Waals surface area contributed by atoms with Crippen molar-refractivity contribution in [3.05, 3.63) is 11.6 Å². The van der Waals surface area contributed by atoms with Crippen molar-refractivity contribution in [3.63, 3.8) is 0 Å². The fourth-order valence-electron chi connectivity index (χ4n) is 1.35. The topological polar surface area (TPSA) is 76.7 Å². The van der Waals surface area contributed by atoms with Crippen molar-refractivity contribution in [2.24, 2.45) is 0 Å². The maximum Gasteiger partial charge on any atom is 0.261 e. The fourth-order valence-corrected chi connectivity index (χ4v) is 2.09. The third-order valence-corrected chi connectivity index (χ3v) is 3.23. The van der Waals surface area contributed by atoms with E-state index in [0.717, 1.165) is 10.6 Å². The zero-order chi connectivity index (χ0) is 12.4. The number of aromatic nitrogens is 4. The summed E-state index contributed by atoms with van der Waals surface area (Å²) in [5.74, 6) is 1.37. The molecule has 0 aliphatic carbocycles. The van der Waals surface area contributed by atoms with Gasteiger partial charge in [-0.1, -0.05) is 18.3 Å². The van der Waals surface area contributed by atoms with Crippen LogP contribution in [0.3, 0.4) is 0 Å². The number of nitrogens with one attached hydrogen (secondary N) is 1. The zero-order valence-electron chi connectivity index (χ0n) is 10.3. The Morgan fingerprint density at radius 3 is 2.59 bits per heavy atom. The lowest BCUT2D eigenvalue weighted by Crippen LogP contribution is -2.12. The lowest BCUT2D eigenvalue weighted by atomic mass is 10.1. The first kappa shape index (κ1) is 12.1. The Morgan fingerprint density at radius 1 is 1.18 bits per heavy atom. The summed E-state index contributed by atoms with van der Waals surface area (Å²) in [7, 11) is 1.85. The Bertz CT molecular complexity index is 492. The molecule has 6 nitrogen and oxygen atoms in total. The van der Waals surface area contributed by atoms with Gasteiger partial charge in [0.25, 0.3) is 5.89 Å². The third-order valence-electron chi connectivity index (χ3n) is 2.50. The summed E-state index contributed by atoms with van der Waals surface area (Å²) in [6.45, 7) is 6.09. The van der Waals surface area contributed by atoms with Crippen LogP contribution >= 0.6 is 11.5 Å². The van der Waals surface area contributed by atoms with Gasteiger partial charge in [0.1, 0.15) is 4.88 Å². The van der Waals surface area contributed by atoms with Gasteiger partial charge in [-0.2, -0.15) is 0 Å². The quantitative estimate of drug-likeness (QED) is 0.898. The minimum absolute atomic E-state index is 0.0413. The lowest BCUT2D eigenvalue weighted by molar-refractivity contribution is 0.441. The van der Waals surface area contributed by atoms with Crippen LogP contribution in [0.25, 0.3) is 10.8 Å². The Balaban J connectivity index is 2.34. The number of rotatable bonds is 4. The summed E-state index contributed by atoms with van der Waals surface area (Å²) in [5, 5.41) is 15.2. The molecule has 2 aromatic rings. The maximum atomic E-state index is 5.62. The van der Waals surface area contributed by atoms with E-state index < -0.39 is 0 Å². The molecule has 2 aromatic heterocycles. The van der Waals surface area contributed by atoms with E-state index in [2.05, 4.69) is 38.9 Å². The molecule has 0 fully saturated rings. The van der Waals surface area contributed by atoms with Gasteiger partial charge < -0.3 is 9.73 Å². The molecule has 0 saturated heterocycles. The van der Waals surface area contributed by atoms with Crippen LogP contribution in [0.1, 0.15) is 44.3 Å². The first-order chi connectivity index (χ1) is 8.13. The molecule has 0 amide bonds. The molecular formula is C10H15N5OS. The van der Waals surface area contributed by atoms with Gasteiger partial charge in [0.2, 0.25) is 5.89 Å². The van der Waals surface area contributed by atoms with E-state index in [-0.39, 0.29) is 6.04 Å². The monoisotopic (exact) mass is 253 g/mol.